The number of carboxylic acid groups (broad SMARTS) is 1. The zero-order valence-corrected chi connectivity index (χ0v) is 11.4. The maximum atomic E-state index is 14.0. The highest BCUT2D eigenvalue weighted by molar-refractivity contribution is 6.31. The summed E-state index contributed by atoms with van der Waals surface area (Å²) in [6.45, 7) is 1.59. The van der Waals surface area contributed by atoms with Crippen LogP contribution < -0.4 is 0 Å². The fourth-order valence-corrected chi connectivity index (χ4v) is 2.93. The zero-order chi connectivity index (χ0) is 13.8. The summed E-state index contributed by atoms with van der Waals surface area (Å²) in [5.74, 6) is -1.36. The molecule has 1 unspecified atom stereocenters. The second-order valence-corrected chi connectivity index (χ2v) is 5.25. The lowest BCUT2D eigenvalue weighted by molar-refractivity contribution is -0.138. The molecule has 0 saturated carbocycles. The second-order valence-electron chi connectivity index (χ2n) is 4.85. The number of piperidine rings is 1. The Morgan fingerprint density at radius 3 is 2.63 bits per heavy atom. The molecule has 0 spiro atoms. The van der Waals surface area contributed by atoms with Crippen molar-refractivity contribution >= 4 is 17.6 Å². The van der Waals surface area contributed by atoms with Gasteiger partial charge in [0, 0.05) is 16.6 Å². The molecule has 1 aromatic rings. The molecule has 19 heavy (non-hydrogen) atoms. The average molecular weight is 286 g/mol. The van der Waals surface area contributed by atoms with Gasteiger partial charge in [-0.1, -0.05) is 24.1 Å². The van der Waals surface area contributed by atoms with Crippen LogP contribution >= 0.6 is 11.6 Å². The van der Waals surface area contributed by atoms with Gasteiger partial charge in [-0.05, 0) is 38.1 Å². The summed E-state index contributed by atoms with van der Waals surface area (Å²) >= 11 is 6.07. The van der Waals surface area contributed by atoms with Gasteiger partial charge in [0.25, 0.3) is 0 Å². The Kier molecular flexibility index (Phi) is 4.77. The molecular weight excluding hydrogens is 269 g/mol. The molecular formula is C14H17ClFNO2. The van der Waals surface area contributed by atoms with Crippen molar-refractivity contribution in [2.24, 2.45) is 0 Å². The van der Waals surface area contributed by atoms with Crippen molar-refractivity contribution in [1.82, 2.24) is 4.90 Å². The summed E-state index contributed by atoms with van der Waals surface area (Å²) in [5.41, 5.74) is 0.313. The minimum absolute atomic E-state index is 0.124. The number of hydrogen-bond acceptors (Lipinski definition) is 2. The van der Waals surface area contributed by atoms with Crippen LogP contribution in [-0.4, -0.2) is 29.1 Å². The van der Waals surface area contributed by atoms with Crippen molar-refractivity contribution in [2.75, 3.05) is 13.1 Å². The van der Waals surface area contributed by atoms with E-state index < -0.39 is 17.8 Å². The molecule has 0 amide bonds. The first-order chi connectivity index (χ1) is 9.09. The molecule has 1 atom stereocenters. The SMILES string of the molecule is O=C(O)CC(c1c(F)cccc1Cl)N1CCCCC1. The molecule has 104 valence electrons. The molecule has 1 aliphatic rings. The van der Waals surface area contributed by atoms with Crippen LogP contribution in [0.4, 0.5) is 4.39 Å². The predicted octanol–water partition coefficient (Wildman–Crippen LogP) is 3.48. The van der Waals surface area contributed by atoms with E-state index in [1.165, 1.54) is 12.1 Å². The lowest BCUT2D eigenvalue weighted by Gasteiger charge is -2.34. The molecule has 2 rings (SSSR count). The number of carbonyl (C=O) groups is 1. The van der Waals surface area contributed by atoms with Gasteiger partial charge in [-0.15, -0.1) is 0 Å². The first-order valence-electron chi connectivity index (χ1n) is 6.49. The number of benzene rings is 1. The maximum absolute atomic E-state index is 14.0. The summed E-state index contributed by atoms with van der Waals surface area (Å²) in [7, 11) is 0. The van der Waals surface area contributed by atoms with Gasteiger partial charge in [-0.3, -0.25) is 9.69 Å². The van der Waals surface area contributed by atoms with E-state index in [1.54, 1.807) is 6.07 Å². The smallest absolute Gasteiger partial charge is 0.305 e. The quantitative estimate of drug-likeness (QED) is 0.921. The number of hydrogen-bond donors (Lipinski definition) is 1. The van der Waals surface area contributed by atoms with Crippen LogP contribution in [0, 0.1) is 5.82 Å². The first kappa shape index (κ1) is 14.3. The van der Waals surface area contributed by atoms with E-state index in [-0.39, 0.29) is 6.42 Å². The maximum Gasteiger partial charge on any atom is 0.305 e. The highest BCUT2D eigenvalue weighted by atomic mass is 35.5. The fourth-order valence-electron chi connectivity index (χ4n) is 2.64. The van der Waals surface area contributed by atoms with E-state index in [9.17, 15) is 9.18 Å². The highest BCUT2D eigenvalue weighted by Crippen LogP contribution is 2.34. The molecule has 5 heteroatoms. The van der Waals surface area contributed by atoms with Gasteiger partial charge in [-0.2, -0.15) is 0 Å². The van der Waals surface area contributed by atoms with Gasteiger partial charge in [0.15, 0.2) is 0 Å². The largest absolute Gasteiger partial charge is 0.481 e. The normalized spacial score (nSPS) is 18.2. The van der Waals surface area contributed by atoms with Crippen molar-refractivity contribution in [3.63, 3.8) is 0 Å². The molecule has 0 aliphatic carbocycles. The average Bonchev–Trinajstić information content (AvgIpc) is 2.38. The summed E-state index contributed by atoms with van der Waals surface area (Å²) < 4.78 is 14.0. The van der Waals surface area contributed by atoms with Crippen LogP contribution in [-0.2, 0) is 4.79 Å². The van der Waals surface area contributed by atoms with Gasteiger partial charge < -0.3 is 5.11 Å². The molecule has 3 nitrogen and oxygen atoms in total. The monoisotopic (exact) mass is 285 g/mol. The molecule has 1 saturated heterocycles. The highest BCUT2D eigenvalue weighted by Gasteiger charge is 2.28. The van der Waals surface area contributed by atoms with Gasteiger partial charge in [-0.25, -0.2) is 4.39 Å². The zero-order valence-electron chi connectivity index (χ0n) is 10.6. The number of nitrogens with zero attached hydrogens (tertiary/aromatic N) is 1. The number of aliphatic carboxylic acids is 1. The van der Waals surface area contributed by atoms with Crippen LogP contribution in [0.5, 0.6) is 0 Å². The van der Waals surface area contributed by atoms with E-state index in [2.05, 4.69) is 0 Å². The molecule has 1 heterocycles. The topological polar surface area (TPSA) is 40.5 Å². The van der Waals surface area contributed by atoms with Crippen molar-refractivity contribution < 1.29 is 14.3 Å². The molecule has 0 radical (unpaired) electrons. The lowest BCUT2D eigenvalue weighted by Crippen LogP contribution is -2.35. The van der Waals surface area contributed by atoms with Gasteiger partial charge >= 0.3 is 5.97 Å². The number of likely N-dealkylation sites (tertiary alicyclic amines) is 1. The third-order valence-electron chi connectivity index (χ3n) is 3.53. The van der Waals surface area contributed by atoms with E-state index >= 15 is 0 Å². The summed E-state index contributed by atoms with van der Waals surface area (Å²) in [6, 6.07) is 4.00. The van der Waals surface area contributed by atoms with E-state index in [1.807, 2.05) is 4.90 Å². The minimum Gasteiger partial charge on any atom is -0.481 e. The van der Waals surface area contributed by atoms with Gasteiger partial charge in [0.1, 0.15) is 5.82 Å². The van der Waals surface area contributed by atoms with Crippen LogP contribution in [0.1, 0.15) is 37.3 Å². The van der Waals surface area contributed by atoms with Crippen molar-refractivity contribution in [3.8, 4) is 0 Å². The Morgan fingerprint density at radius 1 is 1.37 bits per heavy atom. The van der Waals surface area contributed by atoms with E-state index in [0.717, 1.165) is 32.4 Å². The molecule has 1 N–H and O–H groups in total. The number of rotatable bonds is 4. The van der Waals surface area contributed by atoms with Crippen LogP contribution in [0.15, 0.2) is 18.2 Å². The Hall–Kier alpha value is -1.13. The third kappa shape index (κ3) is 3.45. The Balaban J connectivity index is 2.33. The molecule has 0 bridgehead atoms. The summed E-state index contributed by atoms with van der Waals surface area (Å²) in [4.78, 5) is 13.1. The standard InChI is InChI=1S/C14H17ClFNO2/c15-10-5-4-6-11(16)14(10)12(9-13(18)19)17-7-2-1-3-8-17/h4-6,12H,1-3,7-9H2,(H,18,19). The Bertz CT molecular complexity index is 441. The summed E-state index contributed by atoms with van der Waals surface area (Å²) in [6.07, 6.45) is 3.05. The Labute approximate surface area is 117 Å². The van der Waals surface area contributed by atoms with Crippen molar-refractivity contribution in [3.05, 3.63) is 34.6 Å². The lowest BCUT2D eigenvalue weighted by atomic mass is 9.98. The minimum atomic E-state index is -0.935. The summed E-state index contributed by atoms with van der Waals surface area (Å²) in [5, 5.41) is 9.37. The fraction of sp³-hybridized carbons (Fsp3) is 0.500. The number of halogens is 2. The molecule has 1 aliphatic heterocycles. The van der Waals surface area contributed by atoms with Crippen LogP contribution in [0.25, 0.3) is 0 Å². The van der Waals surface area contributed by atoms with Gasteiger partial charge in [0.2, 0.25) is 0 Å². The van der Waals surface area contributed by atoms with E-state index in [0.29, 0.717) is 10.6 Å². The van der Waals surface area contributed by atoms with Gasteiger partial charge in [0.05, 0.1) is 6.42 Å². The van der Waals surface area contributed by atoms with Crippen molar-refractivity contribution in [2.45, 2.75) is 31.7 Å². The second kappa shape index (κ2) is 6.35. The molecule has 0 aromatic heterocycles. The first-order valence-corrected chi connectivity index (χ1v) is 6.87. The third-order valence-corrected chi connectivity index (χ3v) is 3.86. The van der Waals surface area contributed by atoms with Crippen LogP contribution in [0.3, 0.4) is 0 Å². The van der Waals surface area contributed by atoms with Crippen molar-refractivity contribution in [1.29, 1.82) is 0 Å². The molecule has 1 aromatic carbocycles. The van der Waals surface area contributed by atoms with E-state index in [4.69, 9.17) is 16.7 Å². The van der Waals surface area contributed by atoms with Crippen LogP contribution in [0.2, 0.25) is 5.02 Å². The Morgan fingerprint density at radius 2 is 2.05 bits per heavy atom. The predicted molar refractivity (Wildman–Crippen MR) is 71.8 cm³/mol. The number of carboxylic acids is 1. The molecule has 1 fully saturated rings.